The second-order valence-electron chi connectivity index (χ2n) is 5.78. The van der Waals surface area contributed by atoms with E-state index in [9.17, 15) is 9.18 Å². The molecule has 0 unspecified atom stereocenters. The van der Waals surface area contributed by atoms with Gasteiger partial charge in [0.05, 0.1) is 5.56 Å². The summed E-state index contributed by atoms with van der Waals surface area (Å²) in [6.07, 6.45) is 3.92. The molecular formula is C20H19FN4O. The summed E-state index contributed by atoms with van der Waals surface area (Å²) in [7, 11) is 0. The topological polar surface area (TPSA) is 66.9 Å². The summed E-state index contributed by atoms with van der Waals surface area (Å²) in [5.41, 5.74) is 3.31. The highest BCUT2D eigenvalue weighted by Crippen LogP contribution is 2.14. The minimum atomic E-state index is -0.305. The Bertz CT molecular complexity index is 862. The van der Waals surface area contributed by atoms with Crippen molar-refractivity contribution in [2.45, 2.75) is 19.9 Å². The lowest BCUT2D eigenvalue weighted by Gasteiger charge is -2.07. The van der Waals surface area contributed by atoms with Crippen LogP contribution in [0.15, 0.2) is 60.9 Å². The van der Waals surface area contributed by atoms with E-state index in [1.165, 1.54) is 30.1 Å². The van der Waals surface area contributed by atoms with Crippen molar-refractivity contribution in [3.8, 4) is 0 Å². The maximum Gasteiger partial charge on any atom is 0.254 e. The Hall–Kier alpha value is -3.28. The van der Waals surface area contributed by atoms with Gasteiger partial charge in [-0.25, -0.2) is 14.4 Å². The van der Waals surface area contributed by atoms with E-state index in [0.717, 1.165) is 17.7 Å². The number of aryl methyl sites for hydroxylation is 1. The maximum atomic E-state index is 12.9. The van der Waals surface area contributed by atoms with Crippen molar-refractivity contribution in [2.24, 2.45) is 0 Å². The zero-order valence-corrected chi connectivity index (χ0v) is 14.4. The van der Waals surface area contributed by atoms with Crippen LogP contribution in [0.4, 0.5) is 16.0 Å². The highest BCUT2D eigenvalue weighted by atomic mass is 19.1. The number of hydrogen-bond donors (Lipinski definition) is 2. The van der Waals surface area contributed by atoms with E-state index in [0.29, 0.717) is 18.1 Å². The zero-order chi connectivity index (χ0) is 18.4. The Morgan fingerprint density at radius 2 is 1.58 bits per heavy atom. The van der Waals surface area contributed by atoms with Gasteiger partial charge in [0.1, 0.15) is 5.82 Å². The van der Waals surface area contributed by atoms with Gasteiger partial charge in [-0.1, -0.05) is 31.2 Å². The predicted molar refractivity (Wildman–Crippen MR) is 98.7 cm³/mol. The van der Waals surface area contributed by atoms with Gasteiger partial charge in [-0.3, -0.25) is 4.79 Å². The second-order valence-corrected chi connectivity index (χ2v) is 5.78. The molecule has 0 spiro atoms. The number of aromatic nitrogens is 2. The Kier molecular flexibility index (Phi) is 5.53. The van der Waals surface area contributed by atoms with Crippen LogP contribution in [0.5, 0.6) is 0 Å². The van der Waals surface area contributed by atoms with Crippen molar-refractivity contribution in [1.82, 2.24) is 15.3 Å². The molecule has 3 aromatic rings. The van der Waals surface area contributed by atoms with Gasteiger partial charge in [-0.15, -0.1) is 0 Å². The molecule has 3 rings (SSSR count). The fourth-order valence-corrected chi connectivity index (χ4v) is 2.35. The quantitative estimate of drug-likeness (QED) is 0.709. The van der Waals surface area contributed by atoms with Crippen molar-refractivity contribution in [1.29, 1.82) is 0 Å². The van der Waals surface area contributed by atoms with Crippen molar-refractivity contribution >= 4 is 17.5 Å². The summed E-state index contributed by atoms with van der Waals surface area (Å²) in [4.78, 5) is 20.5. The lowest BCUT2D eigenvalue weighted by Crippen LogP contribution is -2.23. The first-order valence-corrected chi connectivity index (χ1v) is 8.34. The van der Waals surface area contributed by atoms with Gasteiger partial charge in [-0.2, -0.15) is 0 Å². The van der Waals surface area contributed by atoms with Gasteiger partial charge in [0.2, 0.25) is 5.95 Å². The predicted octanol–water partition coefficient (Wildman–Crippen LogP) is 3.85. The number of nitrogens with zero attached hydrogens (tertiary/aromatic N) is 2. The molecule has 0 aliphatic carbocycles. The molecule has 0 saturated carbocycles. The summed E-state index contributed by atoms with van der Waals surface area (Å²) >= 11 is 0. The third kappa shape index (κ3) is 4.63. The lowest BCUT2D eigenvalue weighted by molar-refractivity contribution is 0.0950. The summed E-state index contributed by atoms with van der Waals surface area (Å²) < 4.78 is 12.9. The number of amides is 1. The number of carbonyl (C=O) groups is 1. The summed E-state index contributed by atoms with van der Waals surface area (Å²) in [6, 6.07) is 14.0. The normalized spacial score (nSPS) is 10.4. The first-order chi connectivity index (χ1) is 12.6. The number of halogens is 1. The van der Waals surface area contributed by atoms with Crippen LogP contribution in [-0.2, 0) is 13.0 Å². The van der Waals surface area contributed by atoms with Gasteiger partial charge in [0, 0.05) is 24.6 Å². The van der Waals surface area contributed by atoms with Crippen molar-refractivity contribution in [3.05, 3.63) is 83.4 Å². The van der Waals surface area contributed by atoms with Crippen LogP contribution in [-0.4, -0.2) is 15.9 Å². The molecule has 1 aromatic heterocycles. The van der Waals surface area contributed by atoms with Crippen LogP contribution >= 0.6 is 0 Å². The average Bonchev–Trinajstić information content (AvgIpc) is 2.68. The van der Waals surface area contributed by atoms with E-state index in [2.05, 4.69) is 27.5 Å². The van der Waals surface area contributed by atoms with Crippen molar-refractivity contribution < 1.29 is 9.18 Å². The number of hydrogen-bond acceptors (Lipinski definition) is 4. The molecule has 0 radical (unpaired) electrons. The molecule has 6 heteroatoms. The molecule has 2 aromatic carbocycles. The summed E-state index contributed by atoms with van der Waals surface area (Å²) in [6.45, 7) is 2.41. The number of carbonyl (C=O) groups excluding carboxylic acids is 1. The van der Waals surface area contributed by atoms with Gasteiger partial charge < -0.3 is 10.6 Å². The standard InChI is InChI=1S/C20H19FN4O/c1-2-14-5-9-18(10-6-14)25-20-23-12-16(13-24-20)19(26)22-11-15-3-7-17(21)8-4-15/h3-10,12-13H,2,11H2,1H3,(H,22,26)(H,23,24,25). The zero-order valence-electron chi connectivity index (χ0n) is 14.4. The average molecular weight is 350 g/mol. The molecule has 26 heavy (non-hydrogen) atoms. The summed E-state index contributed by atoms with van der Waals surface area (Å²) in [5, 5.41) is 5.85. The molecule has 0 bridgehead atoms. The highest BCUT2D eigenvalue weighted by molar-refractivity contribution is 5.93. The first kappa shape index (κ1) is 17.5. The molecule has 0 atom stereocenters. The monoisotopic (exact) mass is 350 g/mol. The Labute approximate surface area is 151 Å². The van der Waals surface area contributed by atoms with Gasteiger partial charge >= 0.3 is 0 Å². The number of nitrogens with one attached hydrogen (secondary N) is 2. The van der Waals surface area contributed by atoms with Crippen LogP contribution in [0.2, 0.25) is 0 Å². The van der Waals surface area contributed by atoms with E-state index in [4.69, 9.17) is 0 Å². The first-order valence-electron chi connectivity index (χ1n) is 8.34. The van der Waals surface area contributed by atoms with E-state index in [1.54, 1.807) is 12.1 Å². The summed E-state index contributed by atoms with van der Waals surface area (Å²) in [5.74, 6) is -0.168. The SMILES string of the molecule is CCc1ccc(Nc2ncc(C(=O)NCc3ccc(F)cc3)cn2)cc1. The number of rotatable bonds is 6. The fourth-order valence-electron chi connectivity index (χ4n) is 2.35. The van der Waals surface area contributed by atoms with Crippen molar-refractivity contribution in [3.63, 3.8) is 0 Å². The third-order valence-electron chi connectivity index (χ3n) is 3.90. The van der Waals surface area contributed by atoms with Crippen LogP contribution < -0.4 is 10.6 Å². The molecule has 0 aliphatic heterocycles. The molecule has 2 N–H and O–H groups in total. The molecule has 132 valence electrons. The van der Waals surface area contributed by atoms with Crippen molar-refractivity contribution in [2.75, 3.05) is 5.32 Å². The van der Waals surface area contributed by atoms with E-state index in [-0.39, 0.29) is 11.7 Å². The Balaban J connectivity index is 1.57. The van der Waals surface area contributed by atoms with Crippen LogP contribution in [0.25, 0.3) is 0 Å². The second kappa shape index (κ2) is 8.20. The maximum absolute atomic E-state index is 12.9. The lowest BCUT2D eigenvalue weighted by atomic mass is 10.1. The minimum absolute atomic E-state index is 0.284. The van der Waals surface area contributed by atoms with Crippen LogP contribution in [0.3, 0.4) is 0 Å². The van der Waals surface area contributed by atoms with Crippen LogP contribution in [0.1, 0.15) is 28.4 Å². The fraction of sp³-hybridized carbons (Fsp3) is 0.150. The molecule has 5 nitrogen and oxygen atoms in total. The Morgan fingerprint density at radius 3 is 2.19 bits per heavy atom. The number of anilines is 2. The van der Waals surface area contributed by atoms with Gasteiger partial charge in [0.25, 0.3) is 5.91 Å². The van der Waals surface area contributed by atoms with Gasteiger partial charge in [-0.05, 0) is 41.8 Å². The van der Waals surface area contributed by atoms with E-state index < -0.39 is 0 Å². The molecule has 0 aliphatic rings. The minimum Gasteiger partial charge on any atom is -0.348 e. The largest absolute Gasteiger partial charge is 0.348 e. The Morgan fingerprint density at radius 1 is 0.962 bits per heavy atom. The van der Waals surface area contributed by atoms with E-state index >= 15 is 0 Å². The number of benzene rings is 2. The highest BCUT2D eigenvalue weighted by Gasteiger charge is 2.07. The molecule has 1 amide bonds. The molecular weight excluding hydrogens is 331 g/mol. The van der Waals surface area contributed by atoms with Crippen LogP contribution in [0, 0.1) is 5.82 Å². The molecule has 0 fully saturated rings. The smallest absolute Gasteiger partial charge is 0.254 e. The van der Waals surface area contributed by atoms with Gasteiger partial charge in [0.15, 0.2) is 0 Å². The molecule has 0 saturated heterocycles. The molecule has 1 heterocycles. The third-order valence-corrected chi connectivity index (χ3v) is 3.90. The van der Waals surface area contributed by atoms with E-state index in [1.807, 2.05) is 24.3 Å².